The van der Waals surface area contributed by atoms with Gasteiger partial charge >= 0.3 is 11.6 Å². The van der Waals surface area contributed by atoms with E-state index in [9.17, 15) is 19.5 Å². The van der Waals surface area contributed by atoms with Crippen molar-refractivity contribution in [3.63, 3.8) is 0 Å². The normalized spacial score (nSPS) is 12.8. The van der Waals surface area contributed by atoms with Gasteiger partial charge in [0.05, 0.1) is 0 Å². The maximum atomic E-state index is 12.7. The quantitative estimate of drug-likeness (QED) is 0.477. The maximum absolute atomic E-state index is 12.7. The van der Waals surface area contributed by atoms with Crippen molar-refractivity contribution in [3.8, 4) is 5.75 Å². The summed E-state index contributed by atoms with van der Waals surface area (Å²) in [7, 11) is 0. The summed E-state index contributed by atoms with van der Waals surface area (Å²) in [5, 5.41) is 12.7. The number of fused-ring (bicyclic) bond motifs is 1. The van der Waals surface area contributed by atoms with Crippen molar-refractivity contribution in [2.45, 2.75) is 46.6 Å². The number of carbonyl (C=O) groups excluding carboxylic acids is 1. The first-order chi connectivity index (χ1) is 15.7. The standard InChI is InChI=1S/C26H29NO6/c1-5-15(2)23(25(29)30)27-22(28)14-32-21-12-11-19-16(3)20(13-18-9-7-6-8-10-18)26(31)33-24(19)17(21)4/h6-12,15,23H,5,13-14H2,1-4H3,(H,27,28)(H,29,30)/t15-,23+/m1/s1. The molecule has 3 aromatic rings. The largest absolute Gasteiger partial charge is 0.483 e. The molecule has 0 radical (unpaired) electrons. The van der Waals surface area contributed by atoms with Crippen molar-refractivity contribution in [2.75, 3.05) is 6.61 Å². The van der Waals surface area contributed by atoms with Gasteiger partial charge in [0.15, 0.2) is 6.61 Å². The van der Waals surface area contributed by atoms with Gasteiger partial charge in [-0.2, -0.15) is 0 Å². The fourth-order valence-electron chi connectivity index (χ4n) is 3.77. The van der Waals surface area contributed by atoms with Crippen LogP contribution in [0.4, 0.5) is 0 Å². The number of carboxylic acids is 1. The molecule has 1 aromatic heterocycles. The highest BCUT2D eigenvalue weighted by atomic mass is 16.5. The minimum Gasteiger partial charge on any atom is -0.483 e. The van der Waals surface area contributed by atoms with Gasteiger partial charge in [-0.1, -0.05) is 50.6 Å². The number of amides is 1. The van der Waals surface area contributed by atoms with E-state index in [1.807, 2.05) is 50.2 Å². The summed E-state index contributed by atoms with van der Waals surface area (Å²) in [6, 6.07) is 12.3. The molecule has 174 valence electrons. The molecule has 1 amide bonds. The van der Waals surface area contributed by atoms with Gasteiger partial charge in [-0.15, -0.1) is 0 Å². The second kappa shape index (κ2) is 10.3. The van der Waals surface area contributed by atoms with E-state index in [0.29, 0.717) is 35.3 Å². The number of aliphatic carboxylic acids is 1. The van der Waals surface area contributed by atoms with Gasteiger partial charge < -0.3 is 19.6 Å². The number of carboxylic acid groups (broad SMARTS) is 1. The van der Waals surface area contributed by atoms with Crippen LogP contribution in [0.25, 0.3) is 11.0 Å². The summed E-state index contributed by atoms with van der Waals surface area (Å²) in [4.78, 5) is 36.4. The summed E-state index contributed by atoms with van der Waals surface area (Å²) in [6.07, 6.45) is 1.09. The maximum Gasteiger partial charge on any atom is 0.340 e. The van der Waals surface area contributed by atoms with Gasteiger partial charge in [0.2, 0.25) is 0 Å². The van der Waals surface area contributed by atoms with Crippen LogP contribution in [0.2, 0.25) is 0 Å². The minimum absolute atomic E-state index is 0.212. The Morgan fingerprint density at radius 1 is 1.09 bits per heavy atom. The van der Waals surface area contributed by atoms with Gasteiger partial charge in [-0.3, -0.25) is 4.79 Å². The Bertz CT molecular complexity index is 1210. The third-order valence-corrected chi connectivity index (χ3v) is 6.03. The van der Waals surface area contributed by atoms with Crippen molar-refractivity contribution in [1.29, 1.82) is 0 Å². The lowest BCUT2D eigenvalue weighted by Gasteiger charge is -2.20. The fourth-order valence-corrected chi connectivity index (χ4v) is 3.77. The molecule has 0 aliphatic heterocycles. The predicted molar refractivity (Wildman–Crippen MR) is 126 cm³/mol. The van der Waals surface area contributed by atoms with Gasteiger partial charge in [0, 0.05) is 22.9 Å². The zero-order valence-electron chi connectivity index (χ0n) is 19.3. The van der Waals surface area contributed by atoms with Crippen LogP contribution in [-0.4, -0.2) is 29.6 Å². The number of rotatable bonds is 9. The molecule has 0 fully saturated rings. The number of ether oxygens (including phenoxy) is 1. The van der Waals surface area contributed by atoms with E-state index in [4.69, 9.17) is 9.15 Å². The molecule has 33 heavy (non-hydrogen) atoms. The molecule has 0 aliphatic rings. The number of aryl methyl sites for hydroxylation is 2. The van der Waals surface area contributed by atoms with Crippen LogP contribution in [0.3, 0.4) is 0 Å². The van der Waals surface area contributed by atoms with E-state index in [-0.39, 0.29) is 12.5 Å². The van der Waals surface area contributed by atoms with Crippen molar-refractivity contribution in [2.24, 2.45) is 5.92 Å². The molecule has 3 rings (SSSR count). The topological polar surface area (TPSA) is 106 Å². The minimum atomic E-state index is -1.08. The van der Waals surface area contributed by atoms with Crippen LogP contribution in [0.15, 0.2) is 51.7 Å². The Hall–Kier alpha value is -3.61. The number of hydrogen-bond acceptors (Lipinski definition) is 5. The van der Waals surface area contributed by atoms with E-state index < -0.39 is 23.5 Å². The van der Waals surface area contributed by atoms with Gasteiger partial charge in [0.1, 0.15) is 17.4 Å². The molecule has 7 nitrogen and oxygen atoms in total. The van der Waals surface area contributed by atoms with E-state index in [1.54, 1.807) is 19.9 Å². The average Bonchev–Trinajstić information content (AvgIpc) is 2.80. The second-order valence-corrected chi connectivity index (χ2v) is 8.28. The number of hydrogen-bond donors (Lipinski definition) is 2. The molecule has 2 aromatic carbocycles. The Balaban J connectivity index is 1.81. The third-order valence-electron chi connectivity index (χ3n) is 6.03. The van der Waals surface area contributed by atoms with Crippen LogP contribution in [0, 0.1) is 19.8 Å². The van der Waals surface area contributed by atoms with E-state index in [2.05, 4.69) is 5.32 Å². The number of benzene rings is 2. The third kappa shape index (κ3) is 5.42. The number of carbonyl (C=O) groups is 2. The highest BCUT2D eigenvalue weighted by Crippen LogP contribution is 2.30. The van der Waals surface area contributed by atoms with Crippen LogP contribution < -0.4 is 15.7 Å². The van der Waals surface area contributed by atoms with Gasteiger partial charge in [-0.25, -0.2) is 9.59 Å². The second-order valence-electron chi connectivity index (χ2n) is 8.28. The molecular weight excluding hydrogens is 422 g/mol. The summed E-state index contributed by atoms with van der Waals surface area (Å²) < 4.78 is 11.3. The summed E-state index contributed by atoms with van der Waals surface area (Å²) in [6.45, 7) is 6.94. The SMILES string of the molecule is CC[C@@H](C)[C@H](NC(=O)COc1ccc2c(C)c(Cc3ccccc3)c(=O)oc2c1C)C(=O)O. The van der Waals surface area contributed by atoms with Crippen molar-refractivity contribution in [3.05, 3.63) is 75.1 Å². The summed E-state index contributed by atoms with van der Waals surface area (Å²) in [5.74, 6) is -1.43. The first-order valence-corrected chi connectivity index (χ1v) is 11.0. The molecule has 0 spiro atoms. The molecule has 0 unspecified atom stereocenters. The smallest absolute Gasteiger partial charge is 0.340 e. The van der Waals surface area contributed by atoms with Crippen molar-refractivity contribution >= 4 is 22.8 Å². The summed E-state index contributed by atoms with van der Waals surface area (Å²) in [5.41, 5.74) is 3.08. The lowest BCUT2D eigenvalue weighted by atomic mass is 9.98. The first-order valence-electron chi connectivity index (χ1n) is 11.0. The Morgan fingerprint density at radius 2 is 1.79 bits per heavy atom. The van der Waals surface area contributed by atoms with E-state index in [0.717, 1.165) is 16.5 Å². The Morgan fingerprint density at radius 3 is 2.42 bits per heavy atom. The molecule has 1 heterocycles. The zero-order chi connectivity index (χ0) is 24.1. The lowest BCUT2D eigenvalue weighted by Crippen LogP contribution is -2.46. The number of nitrogens with one attached hydrogen (secondary N) is 1. The van der Waals surface area contributed by atoms with E-state index >= 15 is 0 Å². The molecule has 2 N–H and O–H groups in total. The molecule has 0 saturated carbocycles. The van der Waals surface area contributed by atoms with Gasteiger partial charge in [0.25, 0.3) is 5.91 Å². The first kappa shape index (κ1) is 24.0. The predicted octanol–water partition coefficient (Wildman–Crippen LogP) is 3.99. The van der Waals surface area contributed by atoms with Crippen molar-refractivity contribution < 1.29 is 23.8 Å². The molecule has 7 heteroatoms. The fraction of sp³-hybridized carbons (Fsp3) is 0.346. The van der Waals surface area contributed by atoms with Crippen LogP contribution >= 0.6 is 0 Å². The Labute approximate surface area is 192 Å². The zero-order valence-corrected chi connectivity index (χ0v) is 19.3. The van der Waals surface area contributed by atoms with Gasteiger partial charge in [-0.05, 0) is 43.0 Å². The molecule has 0 saturated heterocycles. The molecule has 0 bridgehead atoms. The monoisotopic (exact) mass is 451 g/mol. The summed E-state index contributed by atoms with van der Waals surface area (Å²) >= 11 is 0. The molecule has 2 atom stereocenters. The van der Waals surface area contributed by atoms with Crippen LogP contribution in [-0.2, 0) is 16.0 Å². The van der Waals surface area contributed by atoms with Crippen molar-refractivity contribution in [1.82, 2.24) is 5.32 Å². The Kier molecular flexibility index (Phi) is 7.53. The molecular formula is C26H29NO6. The highest BCUT2D eigenvalue weighted by Gasteiger charge is 2.25. The van der Waals surface area contributed by atoms with Crippen LogP contribution in [0.5, 0.6) is 5.75 Å². The van der Waals surface area contributed by atoms with E-state index in [1.165, 1.54) is 0 Å². The molecule has 0 aliphatic carbocycles. The highest BCUT2D eigenvalue weighted by molar-refractivity contribution is 5.87. The van der Waals surface area contributed by atoms with Crippen LogP contribution in [0.1, 0.15) is 42.5 Å². The average molecular weight is 452 g/mol. The lowest BCUT2D eigenvalue weighted by molar-refractivity contribution is -0.143.